The van der Waals surface area contributed by atoms with E-state index in [1.54, 1.807) is 12.2 Å². The van der Waals surface area contributed by atoms with Crippen molar-refractivity contribution < 1.29 is 0 Å². The Morgan fingerprint density at radius 2 is 1.17 bits per heavy atom. The second-order valence-corrected chi connectivity index (χ2v) is 6.78. The van der Waals surface area contributed by atoms with Gasteiger partial charge in [-0.2, -0.15) is 25.8 Å². The number of fused-ring (bicyclic) bond motifs is 6. The topological polar surface area (TPSA) is 134 Å². The van der Waals surface area contributed by atoms with Gasteiger partial charge in [0.1, 0.15) is 18.2 Å². The van der Waals surface area contributed by atoms with E-state index in [9.17, 15) is 15.8 Å². The van der Waals surface area contributed by atoms with Crippen molar-refractivity contribution in [3.05, 3.63) is 57.7 Å². The second kappa shape index (κ2) is 6.92. The Labute approximate surface area is 171 Å². The van der Waals surface area contributed by atoms with Crippen molar-refractivity contribution in [2.24, 2.45) is 31.8 Å². The van der Waals surface area contributed by atoms with Crippen molar-refractivity contribution in [3.63, 3.8) is 0 Å². The maximum atomic E-state index is 9.45. The van der Waals surface area contributed by atoms with Crippen LogP contribution in [0.25, 0.3) is 14.5 Å². The van der Waals surface area contributed by atoms with E-state index in [4.69, 9.17) is 19.7 Å². The summed E-state index contributed by atoms with van der Waals surface area (Å²) in [6.45, 7) is 22.0. The molecule has 1 saturated carbocycles. The molecule has 0 amide bonds. The first-order chi connectivity index (χ1) is 14.6. The molecular formula is C20H8N10. The molecule has 2 aliphatic heterocycles. The Hall–Kier alpha value is -4.90. The lowest BCUT2D eigenvalue weighted by atomic mass is 9.65. The van der Waals surface area contributed by atoms with Gasteiger partial charge in [-0.05, 0) is 0 Å². The maximum absolute atomic E-state index is 9.45. The molecular weight excluding hydrogens is 380 g/mol. The van der Waals surface area contributed by atoms with Crippen LogP contribution in [-0.4, -0.2) is 47.3 Å². The molecule has 0 saturated heterocycles. The number of rotatable bonds is 0. The smallest absolute Gasteiger partial charge is 0.288 e. The molecule has 0 aromatic rings. The minimum atomic E-state index is -0.685. The standard InChI is InChI=1S/C20H8N10/c1-24-12-5-11-10(4-9(12)6-21)15-17(28-14(8-23)13(7-22)27-15)18-16(11)29-19(25-2)20(26-3)30-18/h4-5,10-11,15-18H. The van der Waals surface area contributed by atoms with Crippen LogP contribution in [0.5, 0.6) is 0 Å². The fraction of sp³-hybridized carbons (Fsp3) is 0.300. The molecule has 0 aromatic carbocycles. The summed E-state index contributed by atoms with van der Waals surface area (Å²) in [6, 6.07) is 3.17. The average molecular weight is 388 g/mol. The molecule has 2 heterocycles. The second-order valence-electron chi connectivity index (χ2n) is 6.78. The lowest BCUT2D eigenvalue weighted by molar-refractivity contribution is 0.201. The van der Waals surface area contributed by atoms with Gasteiger partial charge in [0.15, 0.2) is 23.5 Å². The maximum Gasteiger partial charge on any atom is 0.288 e. The minimum Gasteiger partial charge on any atom is -0.370 e. The van der Waals surface area contributed by atoms with E-state index in [-0.39, 0.29) is 34.4 Å². The van der Waals surface area contributed by atoms with Crippen molar-refractivity contribution in [1.82, 2.24) is 0 Å². The summed E-state index contributed by atoms with van der Waals surface area (Å²) in [6.07, 6.45) is 3.27. The Balaban J connectivity index is 1.94. The van der Waals surface area contributed by atoms with E-state index >= 15 is 0 Å². The van der Waals surface area contributed by atoms with Gasteiger partial charge in [-0.1, -0.05) is 25.3 Å². The van der Waals surface area contributed by atoms with Crippen LogP contribution in [0.4, 0.5) is 0 Å². The molecule has 10 heteroatoms. The van der Waals surface area contributed by atoms with Gasteiger partial charge >= 0.3 is 0 Å². The van der Waals surface area contributed by atoms with Gasteiger partial charge in [0.05, 0.1) is 24.3 Å². The summed E-state index contributed by atoms with van der Waals surface area (Å²) in [5, 5.41) is 28.2. The molecule has 138 valence electrons. The van der Waals surface area contributed by atoms with Gasteiger partial charge in [-0.15, -0.1) is 0 Å². The van der Waals surface area contributed by atoms with E-state index in [0.29, 0.717) is 0 Å². The summed E-state index contributed by atoms with van der Waals surface area (Å²) in [5.74, 6) is -1.10. The first kappa shape index (κ1) is 18.5. The molecule has 30 heavy (non-hydrogen) atoms. The summed E-state index contributed by atoms with van der Waals surface area (Å²) < 4.78 is 0. The number of nitriles is 3. The number of nitrogens with zero attached hydrogens (tertiary/aromatic N) is 10. The molecule has 10 nitrogen and oxygen atoms in total. The number of amidine groups is 2. The van der Waals surface area contributed by atoms with Gasteiger partial charge in [0.25, 0.3) is 11.7 Å². The zero-order valence-corrected chi connectivity index (χ0v) is 15.1. The number of aliphatic imine (C=N–C) groups is 4. The Kier molecular flexibility index (Phi) is 4.26. The number of hydrogen-bond donors (Lipinski definition) is 0. The van der Waals surface area contributed by atoms with Crippen molar-refractivity contribution in [2.75, 3.05) is 0 Å². The van der Waals surface area contributed by atoms with Crippen LogP contribution in [0, 0.1) is 65.5 Å². The summed E-state index contributed by atoms with van der Waals surface area (Å²) in [4.78, 5) is 27.8. The Morgan fingerprint density at radius 1 is 0.667 bits per heavy atom. The number of hydrogen-bond acceptors (Lipinski definition) is 7. The summed E-state index contributed by atoms with van der Waals surface area (Å²) >= 11 is 0. The quantitative estimate of drug-likeness (QED) is 0.583. The fourth-order valence-electron chi connectivity index (χ4n) is 4.25. The highest BCUT2D eigenvalue weighted by Gasteiger charge is 2.57. The monoisotopic (exact) mass is 388 g/mol. The predicted octanol–water partition coefficient (Wildman–Crippen LogP) is 1.57. The molecule has 0 N–H and O–H groups in total. The van der Waals surface area contributed by atoms with Gasteiger partial charge < -0.3 is 9.69 Å². The SMILES string of the molecule is [C-]#[N+]C1=CC2C(C=C1C#N)C1N=C(C#N)C(C#N)=NC1C1N=C([N+]#[C-])C([N+]#[C-])=NC21. The number of allylic oxidation sites excluding steroid dienone is 1. The van der Waals surface area contributed by atoms with Gasteiger partial charge in [-0.3, -0.25) is 9.98 Å². The predicted molar refractivity (Wildman–Crippen MR) is 105 cm³/mol. The third kappa shape index (κ3) is 2.51. The van der Waals surface area contributed by atoms with Gasteiger partial charge in [0.2, 0.25) is 5.70 Å². The highest BCUT2D eigenvalue weighted by molar-refractivity contribution is 6.53. The Bertz CT molecular complexity index is 1020. The summed E-state index contributed by atoms with van der Waals surface area (Å²) in [5.41, 5.74) is 0.159. The zero-order chi connectivity index (χ0) is 21.4. The van der Waals surface area contributed by atoms with Crippen LogP contribution in [0.3, 0.4) is 0 Å². The zero-order valence-electron chi connectivity index (χ0n) is 15.1. The van der Waals surface area contributed by atoms with Crippen molar-refractivity contribution in [1.29, 1.82) is 15.8 Å². The van der Waals surface area contributed by atoms with Crippen LogP contribution in [0.15, 0.2) is 43.4 Å². The molecule has 0 radical (unpaired) electrons. The molecule has 0 bridgehead atoms. The molecule has 1 fully saturated rings. The van der Waals surface area contributed by atoms with Gasteiger partial charge in [-0.25, -0.2) is 4.85 Å². The minimum absolute atomic E-state index is 0.0987. The van der Waals surface area contributed by atoms with E-state index in [0.717, 1.165) is 0 Å². The molecule has 6 unspecified atom stereocenters. The molecule has 0 spiro atoms. The molecule has 0 aromatic heterocycles. The van der Waals surface area contributed by atoms with Crippen molar-refractivity contribution >= 4 is 23.1 Å². The lowest BCUT2D eigenvalue weighted by Gasteiger charge is -2.44. The van der Waals surface area contributed by atoms with E-state index in [2.05, 4.69) is 34.5 Å². The van der Waals surface area contributed by atoms with Crippen molar-refractivity contribution in [2.45, 2.75) is 24.2 Å². The van der Waals surface area contributed by atoms with E-state index in [1.807, 2.05) is 18.2 Å². The fourth-order valence-corrected chi connectivity index (χ4v) is 4.25. The molecule has 2 aliphatic carbocycles. The van der Waals surface area contributed by atoms with Crippen LogP contribution < -0.4 is 0 Å². The van der Waals surface area contributed by atoms with Crippen LogP contribution >= 0.6 is 0 Å². The third-order valence-electron chi connectivity index (χ3n) is 5.46. The highest BCUT2D eigenvalue weighted by Crippen LogP contribution is 2.45. The normalized spacial score (nSPS) is 33.0. The third-order valence-corrected chi connectivity index (χ3v) is 5.46. The molecule has 4 rings (SSSR count). The van der Waals surface area contributed by atoms with Crippen LogP contribution in [0.2, 0.25) is 0 Å². The first-order valence-electron chi connectivity index (χ1n) is 8.68. The van der Waals surface area contributed by atoms with Crippen LogP contribution in [0.1, 0.15) is 0 Å². The molecule has 6 atom stereocenters. The van der Waals surface area contributed by atoms with Crippen LogP contribution in [-0.2, 0) is 0 Å². The molecule has 4 aliphatic rings. The van der Waals surface area contributed by atoms with E-state index < -0.39 is 36.0 Å². The average Bonchev–Trinajstić information content (AvgIpc) is 2.81. The first-order valence-corrected chi connectivity index (χ1v) is 8.68. The lowest BCUT2D eigenvalue weighted by Crippen LogP contribution is -2.58. The largest absolute Gasteiger partial charge is 0.370 e. The van der Waals surface area contributed by atoms with Gasteiger partial charge in [0, 0.05) is 11.8 Å². The summed E-state index contributed by atoms with van der Waals surface area (Å²) in [7, 11) is 0. The highest BCUT2D eigenvalue weighted by atomic mass is 15.2. The van der Waals surface area contributed by atoms with Crippen molar-refractivity contribution in [3.8, 4) is 18.2 Å². The Morgan fingerprint density at radius 3 is 1.70 bits per heavy atom. The van der Waals surface area contributed by atoms with E-state index in [1.165, 1.54) is 0 Å².